The molecule has 0 amide bonds. The van der Waals surface area contributed by atoms with Crippen LogP contribution in [-0.4, -0.2) is 61.2 Å². The highest BCUT2D eigenvalue weighted by molar-refractivity contribution is 14.0. The van der Waals surface area contributed by atoms with Crippen molar-refractivity contribution in [1.82, 2.24) is 10.6 Å². The summed E-state index contributed by atoms with van der Waals surface area (Å²) in [6, 6.07) is 6.81. The minimum absolute atomic E-state index is 0. The van der Waals surface area contributed by atoms with Crippen molar-refractivity contribution >= 4 is 39.8 Å². The fourth-order valence-electron chi connectivity index (χ4n) is 1.89. The van der Waals surface area contributed by atoms with E-state index in [1.165, 1.54) is 6.26 Å². The molecule has 0 aliphatic carbocycles. The van der Waals surface area contributed by atoms with Gasteiger partial charge in [0.05, 0.1) is 18.1 Å². The Bertz CT molecular complexity index is 606. The third-order valence-corrected chi connectivity index (χ3v) is 4.35. The molecule has 0 saturated carbocycles. The second kappa shape index (κ2) is 13.3. The molecule has 25 heavy (non-hydrogen) atoms. The van der Waals surface area contributed by atoms with Crippen LogP contribution in [0.15, 0.2) is 34.2 Å². The molecule has 0 aromatic heterocycles. The number of sulfone groups is 1. The third-order valence-electron chi connectivity index (χ3n) is 3.22. The lowest BCUT2D eigenvalue weighted by molar-refractivity contribution is 0.0698. The van der Waals surface area contributed by atoms with E-state index in [4.69, 9.17) is 9.47 Å². The lowest BCUT2D eigenvalue weighted by atomic mass is 10.2. The Morgan fingerprint density at radius 1 is 1.12 bits per heavy atom. The van der Waals surface area contributed by atoms with Gasteiger partial charge in [-0.05, 0) is 24.1 Å². The molecule has 0 aliphatic heterocycles. The van der Waals surface area contributed by atoms with Gasteiger partial charge < -0.3 is 20.1 Å². The fraction of sp³-hybridized carbons (Fsp3) is 0.562. The van der Waals surface area contributed by atoms with E-state index in [1.54, 1.807) is 38.4 Å². The number of hydrogen-bond acceptors (Lipinski definition) is 5. The summed E-state index contributed by atoms with van der Waals surface area (Å²) in [5.74, 6) is 0.694. The molecular weight excluding hydrogens is 457 g/mol. The van der Waals surface area contributed by atoms with Crippen LogP contribution in [0.1, 0.15) is 12.0 Å². The molecule has 9 heteroatoms. The molecule has 1 rings (SSSR count). The molecule has 0 heterocycles. The van der Waals surface area contributed by atoms with Crippen molar-refractivity contribution in [1.29, 1.82) is 0 Å². The lowest BCUT2D eigenvalue weighted by Gasteiger charge is -2.12. The van der Waals surface area contributed by atoms with Gasteiger partial charge in [-0.25, -0.2) is 8.42 Å². The number of nitrogens with one attached hydrogen (secondary N) is 2. The van der Waals surface area contributed by atoms with E-state index < -0.39 is 9.84 Å². The molecule has 1 aromatic rings. The van der Waals surface area contributed by atoms with Crippen LogP contribution in [-0.2, 0) is 25.9 Å². The van der Waals surface area contributed by atoms with E-state index in [1.807, 2.05) is 0 Å². The van der Waals surface area contributed by atoms with Gasteiger partial charge in [0.2, 0.25) is 0 Å². The van der Waals surface area contributed by atoms with Gasteiger partial charge in [-0.3, -0.25) is 4.99 Å². The smallest absolute Gasteiger partial charge is 0.191 e. The highest BCUT2D eigenvalue weighted by Crippen LogP contribution is 2.10. The van der Waals surface area contributed by atoms with E-state index in [9.17, 15) is 8.42 Å². The molecule has 0 unspecified atom stereocenters. The molecule has 0 aliphatic rings. The molecule has 0 atom stereocenters. The number of ether oxygens (including phenoxy) is 2. The van der Waals surface area contributed by atoms with Crippen LogP contribution < -0.4 is 10.6 Å². The Morgan fingerprint density at radius 3 is 2.36 bits per heavy atom. The number of guanidine groups is 1. The molecule has 0 saturated heterocycles. The zero-order valence-corrected chi connectivity index (χ0v) is 18.1. The number of benzene rings is 1. The van der Waals surface area contributed by atoms with E-state index in [-0.39, 0.29) is 24.0 Å². The second-order valence-corrected chi connectivity index (χ2v) is 7.24. The van der Waals surface area contributed by atoms with Crippen molar-refractivity contribution in [3.05, 3.63) is 29.8 Å². The van der Waals surface area contributed by atoms with Gasteiger partial charge in [-0.15, -0.1) is 24.0 Å². The molecule has 1 aromatic carbocycles. The number of nitrogens with zero attached hydrogens (tertiary/aromatic N) is 1. The standard InChI is InChI=1S/C16H27N3O4S.HI/c1-17-16(18-9-4-10-23-12-11-22-2)19-13-14-5-7-15(8-6-14)24(3,20)21;/h5-8H,4,9-13H2,1-3H3,(H2,17,18,19);1H. The summed E-state index contributed by atoms with van der Waals surface area (Å²) in [5.41, 5.74) is 0.980. The predicted octanol–water partition coefficient (Wildman–Crippen LogP) is 1.43. The number of halogens is 1. The predicted molar refractivity (Wildman–Crippen MR) is 110 cm³/mol. The average molecular weight is 485 g/mol. The lowest BCUT2D eigenvalue weighted by Crippen LogP contribution is -2.37. The van der Waals surface area contributed by atoms with Crippen LogP contribution in [0, 0.1) is 0 Å². The monoisotopic (exact) mass is 485 g/mol. The average Bonchev–Trinajstić information content (AvgIpc) is 2.56. The molecule has 0 radical (unpaired) electrons. The van der Waals surface area contributed by atoms with E-state index in [0.29, 0.717) is 37.2 Å². The van der Waals surface area contributed by atoms with E-state index >= 15 is 0 Å². The van der Waals surface area contributed by atoms with Crippen LogP contribution in [0.4, 0.5) is 0 Å². The summed E-state index contributed by atoms with van der Waals surface area (Å²) < 4.78 is 33.1. The van der Waals surface area contributed by atoms with E-state index in [2.05, 4.69) is 15.6 Å². The van der Waals surface area contributed by atoms with Crippen molar-refractivity contribution in [3.63, 3.8) is 0 Å². The number of rotatable bonds is 10. The minimum atomic E-state index is -3.16. The maximum absolute atomic E-state index is 11.4. The quantitative estimate of drug-likeness (QED) is 0.226. The topological polar surface area (TPSA) is 89.0 Å². The first-order valence-corrected chi connectivity index (χ1v) is 9.66. The van der Waals surface area contributed by atoms with Crippen LogP contribution in [0.25, 0.3) is 0 Å². The normalized spacial score (nSPS) is 11.7. The summed E-state index contributed by atoms with van der Waals surface area (Å²) in [4.78, 5) is 4.47. The summed E-state index contributed by atoms with van der Waals surface area (Å²) >= 11 is 0. The molecule has 7 nitrogen and oxygen atoms in total. The first-order chi connectivity index (χ1) is 11.5. The van der Waals surface area contributed by atoms with Crippen molar-refractivity contribution in [3.8, 4) is 0 Å². The summed E-state index contributed by atoms with van der Waals surface area (Å²) in [6.07, 6.45) is 2.07. The SMILES string of the molecule is CN=C(NCCCOCCOC)NCc1ccc(S(C)(=O)=O)cc1.I. The minimum Gasteiger partial charge on any atom is -0.382 e. The zero-order chi connectivity index (χ0) is 17.8. The van der Waals surface area contributed by atoms with Gasteiger partial charge in [0.1, 0.15) is 0 Å². The molecular formula is C16H28IN3O4S. The van der Waals surface area contributed by atoms with Crippen LogP contribution in [0.2, 0.25) is 0 Å². The first-order valence-electron chi connectivity index (χ1n) is 7.77. The van der Waals surface area contributed by atoms with Gasteiger partial charge in [0, 0.05) is 40.1 Å². The Kier molecular flexibility index (Phi) is 12.8. The summed E-state index contributed by atoms with van der Waals surface area (Å²) in [6.45, 7) is 3.19. The number of aliphatic imine (C=N–C) groups is 1. The second-order valence-electron chi connectivity index (χ2n) is 5.23. The molecule has 0 fully saturated rings. The number of hydrogen-bond donors (Lipinski definition) is 2. The zero-order valence-electron chi connectivity index (χ0n) is 14.9. The van der Waals surface area contributed by atoms with Crippen LogP contribution in [0.5, 0.6) is 0 Å². The van der Waals surface area contributed by atoms with Gasteiger partial charge in [-0.1, -0.05) is 12.1 Å². The van der Waals surface area contributed by atoms with Gasteiger partial charge in [0.25, 0.3) is 0 Å². The first kappa shape index (κ1) is 24.1. The Labute approximate surface area is 167 Å². The summed E-state index contributed by atoms with van der Waals surface area (Å²) in [7, 11) is 0.198. The fourth-order valence-corrected chi connectivity index (χ4v) is 2.52. The Hall–Kier alpha value is -0.910. The Morgan fingerprint density at radius 2 is 1.80 bits per heavy atom. The maximum atomic E-state index is 11.4. The molecule has 0 spiro atoms. The van der Waals surface area contributed by atoms with Gasteiger partial charge in [-0.2, -0.15) is 0 Å². The number of methoxy groups -OCH3 is 1. The van der Waals surface area contributed by atoms with Crippen molar-refractivity contribution in [2.24, 2.45) is 4.99 Å². The summed E-state index contributed by atoms with van der Waals surface area (Å²) in [5, 5.41) is 6.38. The highest BCUT2D eigenvalue weighted by Gasteiger charge is 2.06. The Balaban J connectivity index is 0.00000576. The molecule has 0 bridgehead atoms. The van der Waals surface area contributed by atoms with Crippen molar-refractivity contribution in [2.75, 3.05) is 46.8 Å². The van der Waals surface area contributed by atoms with Crippen LogP contribution in [0.3, 0.4) is 0 Å². The van der Waals surface area contributed by atoms with Gasteiger partial charge >= 0.3 is 0 Å². The molecule has 2 N–H and O–H groups in total. The highest BCUT2D eigenvalue weighted by atomic mass is 127. The van der Waals surface area contributed by atoms with E-state index in [0.717, 1.165) is 18.5 Å². The van der Waals surface area contributed by atoms with Crippen molar-refractivity contribution in [2.45, 2.75) is 17.9 Å². The largest absolute Gasteiger partial charge is 0.382 e. The molecule has 144 valence electrons. The van der Waals surface area contributed by atoms with Gasteiger partial charge in [0.15, 0.2) is 15.8 Å². The van der Waals surface area contributed by atoms with Crippen molar-refractivity contribution < 1.29 is 17.9 Å². The van der Waals surface area contributed by atoms with Crippen LogP contribution >= 0.6 is 24.0 Å². The third kappa shape index (κ3) is 10.6. The maximum Gasteiger partial charge on any atom is 0.191 e.